The molecule has 4 heterocycles. The number of carbonyl (C=O) groups is 2. The first-order valence-corrected chi connectivity index (χ1v) is 12.1. The van der Waals surface area contributed by atoms with Crippen LogP contribution in [0, 0.1) is 6.92 Å². The van der Waals surface area contributed by atoms with Gasteiger partial charge in [-0.2, -0.15) is 13.2 Å². The van der Waals surface area contributed by atoms with Crippen molar-refractivity contribution in [2.75, 3.05) is 17.6 Å². The van der Waals surface area contributed by atoms with Crippen molar-refractivity contribution in [1.29, 1.82) is 0 Å². The van der Waals surface area contributed by atoms with Gasteiger partial charge in [-0.3, -0.25) is 14.6 Å². The van der Waals surface area contributed by atoms with Gasteiger partial charge in [0.2, 0.25) is 11.8 Å². The van der Waals surface area contributed by atoms with Crippen molar-refractivity contribution in [2.24, 2.45) is 0 Å². The number of fused-ring (bicyclic) bond motifs is 3. The molecule has 1 fully saturated rings. The second kappa shape index (κ2) is 9.45. The summed E-state index contributed by atoms with van der Waals surface area (Å²) in [5.74, 6) is -1.21. The van der Waals surface area contributed by atoms with Gasteiger partial charge in [0.05, 0.1) is 35.4 Å². The van der Waals surface area contributed by atoms with Gasteiger partial charge < -0.3 is 20.5 Å². The number of amides is 2. The number of carbonyl (C=O) groups excluding carboxylic acids is 2. The van der Waals surface area contributed by atoms with Gasteiger partial charge in [0.1, 0.15) is 41.2 Å². The molecule has 38 heavy (non-hydrogen) atoms. The van der Waals surface area contributed by atoms with E-state index in [1.165, 1.54) is 23.9 Å². The maximum atomic E-state index is 14.4. The van der Waals surface area contributed by atoms with Crippen LogP contribution >= 0.6 is 15.9 Å². The molecular formula is C23H19BrF4N8O2. The third-order valence-electron chi connectivity index (χ3n) is 6.30. The zero-order chi connectivity index (χ0) is 27.4. The van der Waals surface area contributed by atoms with E-state index in [0.717, 1.165) is 23.4 Å². The number of anilines is 2. The molecular weight excluding hydrogens is 576 g/mol. The lowest BCUT2D eigenvalue weighted by molar-refractivity contribution is -0.137. The van der Waals surface area contributed by atoms with Gasteiger partial charge in [-0.05, 0) is 40.5 Å². The van der Waals surface area contributed by atoms with Gasteiger partial charge >= 0.3 is 6.18 Å². The smallest absolute Gasteiger partial charge is 0.383 e. The summed E-state index contributed by atoms with van der Waals surface area (Å²) >= 11 is 3.15. The Bertz CT molecular complexity index is 1590. The molecule has 2 atom stereocenters. The number of nitrogens with zero attached hydrogens (tertiary/aromatic N) is 6. The Morgan fingerprint density at radius 2 is 2.00 bits per heavy atom. The Morgan fingerprint density at radius 3 is 2.71 bits per heavy atom. The van der Waals surface area contributed by atoms with Crippen LogP contribution in [0.25, 0.3) is 21.9 Å². The largest absolute Gasteiger partial charge is 0.416 e. The van der Waals surface area contributed by atoms with E-state index in [1.54, 1.807) is 0 Å². The van der Waals surface area contributed by atoms with E-state index >= 15 is 0 Å². The Morgan fingerprint density at radius 1 is 1.24 bits per heavy atom. The number of rotatable bonds is 4. The fraction of sp³-hybridized carbons (Fsp3) is 0.304. The molecule has 5 rings (SSSR count). The van der Waals surface area contributed by atoms with Crippen LogP contribution in [-0.4, -0.2) is 60.0 Å². The average Bonchev–Trinajstić information content (AvgIpc) is 3.38. The summed E-state index contributed by atoms with van der Waals surface area (Å²) in [6.45, 7) is 0.728. The number of likely N-dealkylation sites (tertiary alicyclic amines) is 1. The number of nitrogen functional groups attached to an aromatic ring is 1. The molecule has 2 amide bonds. The molecule has 15 heteroatoms. The van der Waals surface area contributed by atoms with E-state index in [4.69, 9.17) is 5.73 Å². The summed E-state index contributed by atoms with van der Waals surface area (Å²) in [6, 6.07) is 0.770. The molecule has 1 aromatic carbocycles. The van der Waals surface area contributed by atoms with E-state index in [2.05, 4.69) is 41.2 Å². The highest BCUT2D eigenvalue weighted by molar-refractivity contribution is 9.10. The molecule has 198 valence electrons. The van der Waals surface area contributed by atoms with Crippen LogP contribution in [0.3, 0.4) is 0 Å². The summed E-state index contributed by atoms with van der Waals surface area (Å²) in [5, 5.41) is 2.83. The van der Waals surface area contributed by atoms with Gasteiger partial charge in [0.15, 0.2) is 5.82 Å². The van der Waals surface area contributed by atoms with E-state index < -0.39 is 42.3 Å². The molecule has 4 aromatic rings. The number of hydrogen-bond donors (Lipinski definition) is 2. The first-order chi connectivity index (χ1) is 17.9. The predicted octanol–water partition coefficient (Wildman–Crippen LogP) is 3.62. The first kappa shape index (κ1) is 25.8. The minimum absolute atomic E-state index is 0.0534. The minimum atomic E-state index is -4.61. The van der Waals surface area contributed by atoms with Crippen molar-refractivity contribution in [3.05, 3.63) is 46.6 Å². The van der Waals surface area contributed by atoms with Crippen LogP contribution in [0.4, 0.5) is 29.2 Å². The number of aromatic nitrogens is 5. The number of nitrogens with one attached hydrogen (secondary N) is 1. The van der Waals surface area contributed by atoms with Gasteiger partial charge in [-0.1, -0.05) is 0 Å². The number of benzene rings is 1. The molecule has 3 aromatic heterocycles. The van der Waals surface area contributed by atoms with Gasteiger partial charge in [-0.25, -0.2) is 19.3 Å². The third kappa shape index (κ3) is 4.61. The predicted molar refractivity (Wildman–Crippen MR) is 133 cm³/mol. The van der Waals surface area contributed by atoms with Crippen LogP contribution in [0.2, 0.25) is 0 Å². The summed E-state index contributed by atoms with van der Waals surface area (Å²) in [6.07, 6.45) is -2.43. The molecule has 0 saturated carbocycles. The first-order valence-electron chi connectivity index (χ1n) is 11.3. The second-order valence-corrected chi connectivity index (χ2v) is 9.65. The highest BCUT2D eigenvalue weighted by Gasteiger charge is 2.40. The molecule has 0 aliphatic carbocycles. The molecule has 1 aliphatic heterocycles. The van der Waals surface area contributed by atoms with E-state index in [1.807, 2.05) is 0 Å². The molecule has 0 spiro atoms. The highest BCUT2D eigenvalue weighted by Crippen LogP contribution is 2.38. The maximum Gasteiger partial charge on any atom is 0.416 e. The molecule has 1 aliphatic rings. The monoisotopic (exact) mass is 594 g/mol. The Hall–Kier alpha value is -3.88. The van der Waals surface area contributed by atoms with Crippen molar-refractivity contribution in [3.63, 3.8) is 0 Å². The van der Waals surface area contributed by atoms with E-state index in [9.17, 15) is 27.2 Å². The van der Waals surface area contributed by atoms with Crippen molar-refractivity contribution in [3.8, 4) is 0 Å². The zero-order valence-electron chi connectivity index (χ0n) is 19.6. The number of alkyl halides is 4. The second-order valence-electron chi connectivity index (χ2n) is 8.84. The van der Waals surface area contributed by atoms with Crippen LogP contribution in [0.5, 0.6) is 0 Å². The number of aryl methyl sites for hydroxylation is 1. The quantitative estimate of drug-likeness (QED) is 0.345. The average molecular weight is 595 g/mol. The van der Waals surface area contributed by atoms with Gasteiger partial charge in [0, 0.05) is 11.8 Å². The molecule has 0 unspecified atom stereocenters. The van der Waals surface area contributed by atoms with Crippen LogP contribution in [0.1, 0.15) is 17.5 Å². The topological polar surface area (TPSA) is 132 Å². The van der Waals surface area contributed by atoms with Crippen LogP contribution in [0.15, 0.2) is 35.5 Å². The lowest BCUT2D eigenvalue weighted by Gasteiger charge is -2.24. The number of hydrogen-bond acceptors (Lipinski definition) is 7. The third-order valence-corrected chi connectivity index (χ3v) is 6.68. The summed E-state index contributed by atoms with van der Waals surface area (Å²) in [4.78, 5) is 43.5. The summed E-state index contributed by atoms with van der Waals surface area (Å²) in [5.41, 5.74) is 5.79. The standard InChI is InChI=1S/C23H19BrF4N8O2/c1-10-2-11(23(26,27)28)3-13-18-20(29)31-9-32-21(18)36(19(10)13)8-17(37)35-7-12(25)4-14(35)22(38)34-16-6-30-5-15(24)33-16/h2-3,5-6,9,12,14H,4,7-8H2,1H3,(H2,29,31,32)(H,33,34,38)/t12-,14+/m1/s1. The van der Waals surface area contributed by atoms with Crippen molar-refractivity contribution >= 4 is 61.3 Å². The van der Waals surface area contributed by atoms with Gasteiger partial charge in [0.25, 0.3) is 0 Å². The van der Waals surface area contributed by atoms with Gasteiger partial charge in [-0.15, -0.1) is 0 Å². The van der Waals surface area contributed by atoms with Crippen molar-refractivity contribution in [1.82, 2.24) is 29.4 Å². The van der Waals surface area contributed by atoms with Crippen LogP contribution in [-0.2, 0) is 22.3 Å². The van der Waals surface area contributed by atoms with Crippen LogP contribution < -0.4 is 11.1 Å². The molecule has 3 N–H and O–H groups in total. The Balaban J connectivity index is 1.52. The van der Waals surface area contributed by atoms with E-state index in [-0.39, 0.29) is 46.6 Å². The summed E-state index contributed by atoms with van der Waals surface area (Å²) in [7, 11) is 0. The minimum Gasteiger partial charge on any atom is -0.383 e. The van der Waals surface area contributed by atoms with E-state index in [0.29, 0.717) is 10.1 Å². The summed E-state index contributed by atoms with van der Waals surface area (Å²) < 4.78 is 56.8. The SMILES string of the molecule is Cc1cc(C(F)(F)F)cc2c3c(N)ncnc3n(CC(=O)N3C[C@H](F)C[C@H]3C(=O)Nc3cncc(Br)n3)c12. The fourth-order valence-corrected chi connectivity index (χ4v) is 5.06. The molecule has 0 bridgehead atoms. The Kier molecular flexibility index (Phi) is 6.41. The molecule has 10 nitrogen and oxygen atoms in total. The lowest BCUT2D eigenvalue weighted by Crippen LogP contribution is -2.44. The normalized spacial score (nSPS) is 17.9. The zero-order valence-corrected chi connectivity index (χ0v) is 21.2. The molecule has 0 radical (unpaired) electrons. The van der Waals surface area contributed by atoms with Crippen molar-refractivity contribution in [2.45, 2.75) is 38.3 Å². The number of halogens is 5. The Labute approximate surface area is 220 Å². The number of nitrogens with two attached hydrogens (primary N) is 1. The fourth-order valence-electron chi connectivity index (χ4n) is 4.75. The maximum absolute atomic E-state index is 14.4. The highest BCUT2D eigenvalue weighted by atomic mass is 79.9. The lowest BCUT2D eigenvalue weighted by atomic mass is 10.1. The molecule has 1 saturated heterocycles. The van der Waals surface area contributed by atoms with Crippen molar-refractivity contribution < 1.29 is 27.2 Å².